The number of esters is 1. The molecule has 1 aliphatic rings. The van der Waals surface area contributed by atoms with Gasteiger partial charge >= 0.3 is 5.97 Å². The number of ether oxygens (including phenoxy) is 1. The molecule has 114 valence electrons. The molecule has 5 heteroatoms. The van der Waals surface area contributed by atoms with E-state index in [2.05, 4.69) is 0 Å². The van der Waals surface area contributed by atoms with Crippen LogP contribution in [0.5, 0.6) is 0 Å². The van der Waals surface area contributed by atoms with E-state index in [1.54, 1.807) is 16.7 Å². The first-order valence-corrected chi connectivity index (χ1v) is 8.34. The lowest BCUT2D eigenvalue weighted by Gasteiger charge is -2.34. The molecule has 0 radical (unpaired) electrons. The van der Waals surface area contributed by atoms with E-state index in [-0.39, 0.29) is 11.9 Å². The number of thioether (sulfide) groups is 1. The Balaban J connectivity index is 2.30. The SMILES string of the molecule is COC(=O)C1CCCCN1C(=O)c1cc(SC)ccc1C. The van der Waals surface area contributed by atoms with Gasteiger partial charge in [-0.3, -0.25) is 4.79 Å². The van der Waals surface area contributed by atoms with Gasteiger partial charge < -0.3 is 9.64 Å². The molecule has 1 unspecified atom stereocenters. The number of hydrogen-bond acceptors (Lipinski definition) is 4. The third kappa shape index (κ3) is 3.40. The minimum absolute atomic E-state index is 0.0708. The number of methoxy groups -OCH3 is 1. The highest BCUT2D eigenvalue weighted by atomic mass is 32.2. The highest BCUT2D eigenvalue weighted by Gasteiger charge is 2.33. The van der Waals surface area contributed by atoms with Crippen LogP contribution in [0.3, 0.4) is 0 Å². The van der Waals surface area contributed by atoms with Crippen molar-refractivity contribution in [2.75, 3.05) is 19.9 Å². The van der Waals surface area contributed by atoms with Gasteiger partial charge in [0.05, 0.1) is 7.11 Å². The number of piperidine rings is 1. The van der Waals surface area contributed by atoms with Crippen molar-refractivity contribution in [2.24, 2.45) is 0 Å². The van der Waals surface area contributed by atoms with E-state index >= 15 is 0 Å². The molecule has 1 atom stereocenters. The van der Waals surface area contributed by atoms with Crippen LogP contribution < -0.4 is 0 Å². The normalized spacial score (nSPS) is 18.4. The quantitative estimate of drug-likeness (QED) is 0.636. The summed E-state index contributed by atoms with van der Waals surface area (Å²) in [6, 6.07) is 5.42. The summed E-state index contributed by atoms with van der Waals surface area (Å²) in [7, 11) is 1.37. The first kappa shape index (κ1) is 15.9. The summed E-state index contributed by atoms with van der Waals surface area (Å²) in [6.45, 7) is 2.54. The summed E-state index contributed by atoms with van der Waals surface area (Å²) in [5.41, 5.74) is 1.62. The smallest absolute Gasteiger partial charge is 0.328 e. The summed E-state index contributed by atoms with van der Waals surface area (Å²) in [6.07, 6.45) is 4.55. The molecule has 1 aromatic carbocycles. The minimum atomic E-state index is -0.450. The number of aryl methyl sites for hydroxylation is 1. The van der Waals surface area contributed by atoms with Crippen molar-refractivity contribution in [1.82, 2.24) is 4.90 Å². The molecule has 0 saturated carbocycles. The Hall–Kier alpha value is -1.49. The van der Waals surface area contributed by atoms with E-state index in [1.165, 1.54) is 7.11 Å². The number of likely N-dealkylation sites (tertiary alicyclic amines) is 1. The Bertz CT molecular complexity index is 544. The van der Waals surface area contributed by atoms with Gasteiger partial charge in [-0.1, -0.05) is 6.07 Å². The number of carbonyl (C=O) groups excluding carboxylic acids is 2. The Kier molecular flexibility index (Phi) is 5.28. The van der Waals surface area contributed by atoms with Crippen molar-refractivity contribution in [3.05, 3.63) is 29.3 Å². The summed E-state index contributed by atoms with van der Waals surface area (Å²) < 4.78 is 4.84. The van der Waals surface area contributed by atoms with Crippen LogP contribution in [0, 0.1) is 6.92 Å². The zero-order valence-electron chi connectivity index (χ0n) is 12.7. The maximum absolute atomic E-state index is 12.8. The van der Waals surface area contributed by atoms with Crippen LogP contribution in [0.1, 0.15) is 35.2 Å². The minimum Gasteiger partial charge on any atom is -0.467 e. The molecular formula is C16H21NO3S. The molecule has 0 aromatic heterocycles. The fourth-order valence-corrected chi connectivity index (χ4v) is 3.11. The number of carbonyl (C=O) groups is 2. The van der Waals surface area contributed by atoms with Crippen LogP contribution in [0.15, 0.2) is 23.1 Å². The van der Waals surface area contributed by atoms with E-state index in [9.17, 15) is 9.59 Å². The van der Waals surface area contributed by atoms with Crippen LogP contribution in [-0.2, 0) is 9.53 Å². The molecule has 1 fully saturated rings. The fraction of sp³-hybridized carbons (Fsp3) is 0.500. The van der Waals surface area contributed by atoms with Gasteiger partial charge in [0, 0.05) is 17.0 Å². The number of benzene rings is 1. The second kappa shape index (κ2) is 6.98. The lowest BCUT2D eigenvalue weighted by Crippen LogP contribution is -2.48. The van der Waals surface area contributed by atoms with Gasteiger partial charge in [-0.25, -0.2) is 4.79 Å². The summed E-state index contributed by atoms with van der Waals surface area (Å²) >= 11 is 1.60. The molecule has 4 nitrogen and oxygen atoms in total. The van der Waals surface area contributed by atoms with Gasteiger partial charge in [-0.2, -0.15) is 0 Å². The average Bonchev–Trinajstić information content (AvgIpc) is 2.54. The van der Waals surface area contributed by atoms with Gasteiger partial charge in [-0.05, 0) is 50.1 Å². The van der Waals surface area contributed by atoms with Gasteiger partial charge in [-0.15, -0.1) is 11.8 Å². The number of rotatable bonds is 3. The Morgan fingerprint density at radius 1 is 1.33 bits per heavy atom. The van der Waals surface area contributed by atoms with Crippen LogP contribution in [0.2, 0.25) is 0 Å². The molecule has 0 spiro atoms. The van der Waals surface area contributed by atoms with Crippen LogP contribution in [-0.4, -0.2) is 42.7 Å². The van der Waals surface area contributed by atoms with Crippen LogP contribution in [0.25, 0.3) is 0 Å². The molecular weight excluding hydrogens is 286 g/mol. The molecule has 2 rings (SSSR count). The highest BCUT2D eigenvalue weighted by molar-refractivity contribution is 7.98. The van der Waals surface area contributed by atoms with Gasteiger partial charge in [0.1, 0.15) is 6.04 Å². The summed E-state index contributed by atoms with van der Waals surface area (Å²) in [5, 5.41) is 0. The van der Waals surface area contributed by atoms with E-state index in [4.69, 9.17) is 4.74 Å². The maximum atomic E-state index is 12.8. The first-order valence-electron chi connectivity index (χ1n) is 7.12. The second-order valence-electron chi connectivity index (χ2n) is 5.21. The molecule has 0 N–H and O–H groups in total. The van der Waals surface area contributed by atoms with Crippen molar-refractivity contribution < 1.29 is 14.3 Å². The molecule has 1 heterocycles. The zero-order valence-corrected chi connectivity index (χ0v) is 13.5. The Labute approximate surface area is 129 Å². The van der Waals surface area contributed by atoms with Crippen LogP contribution in [0.4, 0.5) is 0 Å². The topological polar surface area (TPSA) is 46.6 Å². The molecule has 0 aliphatic carbocycles. The Morgan fingerprint density at radius 3 is 2.76 bits per heavy atom. The van der Waals surface area contributed by atoms with Gasteiger partial charge in [0.2, 0.25) is 0 Å². The molecule has 0 bridgehead atoms. The number of nitrogens with zero attached hydrogens (tertiary/aromatic N) is 1. The lowest BCUT2D eigenvalue weighted by atomic mass is 9.99. The molecule has 1 amide bonds. The fourth-order valence-electron chi connectivity index (χ4n) is 2.67. The van der Waals surface area contributed by atoms with Crippen molar-refractivity contribution in [2.45, 2.75) is 37.1 Å². The third-order valence-electron chi connectivity index (χ3n) is 3.91. The van der Waals surface area contributed by atoms with Gasteiger partial charge in [0.25, 0.3) is 5.91 Å². The molecule has 1 aliphatic heterocycles. The summed E-state index contributed by atoms with van der Waals surface area (Å²) in [4.78, 5) is 27.4. The summed E-state index contributed by atoms with van der Waals surface area (Å²) in [5.74, 6) is -0.389. The Morgan fingerprint density at radius 2 is 2.10 bits per heavy atom. The van der Waals surface area contributed by atoms with Crippen molar-refractivity contribution in [3.8, 4) is 0 Å². The number of hydrogen-bond donors (Lipinski definition) is 0. The van der Waals surface area contributed by atoms with Crippen LogP contribution >= 0.6 is 11.8 Å². The van der Waals surface area contributed by atoms with E-state index in [0.717, 1.165) is 23.3 Å². The van der Waals surface area contributed by atoms with E-state index < -0.39 is 6.04 Å². The molecule has 1 saturated heterocycles. The van der Waals surface area contributed by atoms with Crippen molar-refractivity contribution >= 4 is 23.6 Å². The highest BCUT2D eigenvalue weighted by Crippen LogP contribution is 2.24. The van der Waals surface area contributed by atoms with Crippen molar-refractivity contribution in [3.63, 3.8) is 0 Å². The van der Waals surface area contributed by atoms with Crippen molar-refractivity contribution in [1.29, 1.82) is 0 Å². The zero-order chi connectivity index (χ0) is 15.4. The lowest BCUT2D eigenvalue weighted by molar-refractivity contribution is -0.147. The standard InChI is InChI=1S/C16H21NO3S/c1-11-7-8-12(21-3)10-13(11)15(18)17-9-5-4-6-14(17)16(19)20-2/h7-8,10,14H,4-6,9H2,1-3H3. The van der Waals surface area contributed by atoms with E-state index in [1.807, 2.05) is 31.4 Å². The predicted molar refractivity (Wildman–Crippen MR) is 83.7 cm³/mol. The third-order valence-corrected chi connectivity index (χ3v) is 4.64. The van der Waals surface area contributed by atoms with Gasteiger partial charge in [0.15, 0.2) is 0 Å². The second-order valence-corrected chi connectivity index (χ2v) is 6.09. The monoisotopic (exact) mass is 307 g/mol. The number of amides is 1. The average molecular weight is 307 g/mol. The maximum Gasteiger partial charge on any atom is 0.328 e. The molecule has 21 heavy (non-hydrogen) atoms. The first-order chi connectivity index (χ1) is 10.1. The van der Waals surface area contributed by atoms with E-state index in [0.29, 0.717) is 18.5 Å². The molecule has 1 aromatic rings. The predicted octanol–water partition coefficient (Wildman–Crippen LogP) is 2.88. The largest absolute Gasteiger partial charge is 0.467 e.